The van der Waals surface area contributed by atoms with Crippen molar-refractivity contribution >= 4 is 29.9 Å². The van der Waals surface area contributed by atoms with E-state index in [1.54, 1.807) is 7.05 Å². The van der Waals surface area contributed by atoms with Crippen molar-refractivity contribution < 1.29 is 4.52 Å². The lowest BCUT2D eigenvalue weighted by Gasteiger charge is -2.09. The number of guanidine groups is 1. The summed E-state index contributed by atoms with van der Waals surface area (Å²) in [7, 11) is 1.74. The van der Waals surface area contributed by atoms with Crippen molar-refractivity contribution in [3.63, 3.8) is 0 Å². The summed E-state index contributed by atoms with van der Waals surface area (Å²) in [5.41, 5.74) is 3.06. The van der Waals surface area contributed by atoms with E-state index in [-0.39, 0.29) is 24.0 Å². The van der Waals surface area contributed by atoms with Crippen LogP contribution in [0, 0.1) is 0 Å². The summed E-state index contributed by atoms with van der Waals surface area (Å²) >= 11 is 0. The first-order valence-electron chi connectivity index (χ1n) is 8.64. The third-order valence-corrected chi connectivity index (χ3v) is 3.94. The Labute approximate surface area is 176 Å². The van der Waals surface area contributed by atoms with Gasteiger partial charge in [0.1, 0.15) is 0 Å². The standard InChI is InChI=1S/C19H24N6O.HI/c1-14(2)18-9-17(26-24-18)12-22-19(20-3)21-10-15-11-23-25(13-15)16-7-5-4-6-8-16;/h4-9,11,13-14H,10,12H2,1-3H3,(H2,20,21,22);1H. The normalized spacial score (nSPS) is 11.3. The van der Waals surface area contributed by atoms with Gasteiger partial charge in [-0.25, -0.2) is 4.68 Å². The molecule has 0 saturated heterocycles. The molecule has 0 atom stereocenters. The van der Waals surface area contributed by atoms with Gasteiger partial charge in [-0.05, 0) is 18.1 Å². The van der Waals surface area contributed by atoms with Crippen LogP contribution in [0.3, 0.4) is 0 Å². The number of aliphatic imine (C=N–C) groups is 1. The molecule has 0 aliphatic carbocycles. The number of aromatic nitrogens is 3. The van der Waals surface area contributed by atoms with Crippen molar-refractivity contribution in [2.24, 2.45) is 4.99 Å². The van der Waals surface area contributed by atoms with Crippen LogP contribution < -0.4 is 10.6 Å². The van der Waals surface area contributed by atoms with Crippen molar-refractivity contribution in [3.8, 4) is 5.69 Å². The highest BCUT2D eigenvalue weighted by Crippen LogP contribution is 2.13. The number of para-hydroxylation sites is 1. The molecule has 0 aliphatic rings. The molecule has 0 saturated carbocycles. The molecular formula is C19H25IN6O. The summed E-state index contributed by atoms with van der Waals surface area (Å²) in [4.78, 5) is 4.23. The molecule has 144 valence electrons. The number of nitrogens with zero attached hydrogens (tertiary/aromatic N) is 4. The molecule has 2 N–H and O–H groups in total. The predicted molar refractivity (Wildman–Crippen MR) is 117 cm³/mol. The quantitative estimate of drug-likeness (QED) is 0.321. The molecule has 2 heterocycles. The van der Waals surface area contributed by atoms with Gasteiger partial charge in [0.15, 0.2) is 11.7 Å². The minimum absolute atomic E-state index is 0. The van der Waals surface area contributed by atoms with E-state index in [1.807, 2.05) is 53.5 Å². The predicted octanol–water partition coefficient (Wildman–Crippen LogP) is 3.47. The second-order valence-corrected chi connectivity index (χ2v) is 6.28. The van der Waals surface area contributed by atoms with Crippen molar-refractivity contribution in [3.05, 3.63) is 65.8 Å². The van der Waals surface area contributed by atoms with Crippen LogP contribution in [0.2, 0.25) is 0 Å². The van der Waals surface area contributed by atoms with E-state index in [1.165, 1.54) is 0 Å². The Morgan fingerprint density at radius 2 is 1.93 bits per heavy atom. The fraction of sp³-hybridized carbons (Fsp3) is 0.316. The molecule has 2 aromatic heterocycles. The number of nitrogens with one attached hydrogen (secondary N) is 2. The van der Waals surface area contributed by atoms with Crippen LogP contribution in [0.5, 0.6) is 0 Å². The van der Waals surface area contributed by atoms with Gasteiger partial charge in [-0.15, -0.1) is 24.0 Å². The van der Waals surface area contributed by atoms with Gasteiger partial charge in [0.2, 0.25) is 0 Å². The van der Waals surface area contributed by atoms with Crippen molar-refractivity contribution in [2.45, 2.75) is 32.9 Å². The zero-order valence-corrected chi connectivity index (χ0v) is 18.0. The van der Waals surface area contributed by atoms with Gasteiger partial charge < -0.3 is 15.2 Å². The van der Waals surface area contributed by atoms with Gasteiger partial charge in [0.05, 0.1) is 24.1 Å². The van der Waals surface area contributed by atoms with Crippen LogP contribution in [0.15, 0.2) is 58.3 Å². The average Bonchev–Trinajstić information content (AvgIpc) is 3.32. The van der Waals surface area contributed by atoms with Crippen LogP contribution in [0.25, 0.3) is 5.69 Å². The Balaban J connectivity index is 0.00000261. The van der Waals surface area contributed by atoms with Crippen LogP contribution in [-0.4, -0.2) is 27.9 Å². The SMILES string of the molecule is CN=C(NCc1cnn(-c2ccccc2)c1)NCc1cc(C(C)C)no1.I. The molecule has 3 aromatic rings. The molecule has 0 spiro atoms. The Kier molecular flexibility index (Phi) is 7.83. The smallest absolute Gasteiger partial charge is 0.191 e. The molecule has 0 amide bonds. The lowest BCUT2D eigenvalue weighted by atomic mass is 10.1. The van der Waals surface area contributed by atoms with Gasteiger partial charge >= 0.3 is 0 Å². The molecule has 0 unspecified atom stereocenters. The molecule has 8 heteroatoms. The minimum atomic E-state index is 0. The lowest BCUT2D eigenvalue weighted by Crippen LogP contribution is -2.36. The Morgan fingerprint density at radius 3 is 2.59 bits per heavy atom. The minimum Gasteiger partial charge on any atom is -0.359 e. The number of benzene rings is 1. The maximum atomic E-state index is 5.33. The topological polar surface area (TPSA) is 80.3 Å². The molecular weight excluding hydrogens is 455 g/mol. The molecule has 7 nitrogen and oxygen atoms in total. The van der Waals surface area contributed by atoms with E-state index in [4.69, 9.17) is 4.52 Å². The van der Waals surface area contributed by atoms with E-state index in [9.17, 15) is 0 Å². The fourth-order valence-corrected chi connectivity index (χ4v) is 2.43. The van der Waals surface area contributed by atoms with E-state index in [2.05, 4.69) is 39.7 Å². The van der Waals surface area contributed by atoms with E-state index < -0.39 is 0 Å². The summed E-state index contributed by atoms with van der Waals surface area (Å²) in [6.07, 6.45) is 3.85. The lowest BCUT2D eigenvalue weighted by molar-refractivity contribution is 0.372. The monoisotopic (exact) mass is 480 g/mol. The number of hydrogen-bond acceptors (Lipinski definition) is 4. The Morgan fingerprint density at radius 1 is 1.19 bits per heavy atom. The highest BCUT2D eigenvalue weighted by Gasteiger charge is 2.08. The molecule has 1 aromatic carbocycles. The molecule has 0 aliphatic heterocycles. The number of halogens is 1. The van der Waals surface area contributed by atoms with Gasteiger partial charge in [-0.2, -0.15) is 5.10 Å². The first kappa shape index (κ1) is 20.9. The zero-order chi connectivity index (χ0) is 18.4. The van der Waals surface area contributed by atoms with Gasteiger partial charge in [0, 0.05) is 31.4 Å². The Bertz CT molecular complexity index is 856. The van der Waals surface area contributed by atoms with E-state index >= 15 is 0 Å². The van der Waals surface area contributed by atoms with Crippen LogP contribution in [0.1, 0.15) is 36.8 Å². The van der Waals surface area contributed by atoms with Gasteiger partial charge in [-0.3, -0.25) is 4.99 Å². The third-order valence-electron chi connectivity index (χ3n) is 3.94. The second kappa shape index (κ2) is 10.1. The first-order valence-corrected chi connectivity index (χ1v) is 8.64. The molecule has 0 radical (unpaired) electrons. The van der Waals surface area contributed by atoms with Gasteiger partial charge in [0.25, 0.3) is 0 Å². The summed E-state index contributed by atoms with van der Waals surface area (Å²) in [5.74, 6) is 1.83. The molecule has 0 bridgehead atoms. The summed E-state index contributed by atoms with van der Waals surface area (Å²) in [5, 5.41) is 15.0. The average molecular weight is 480 g/mol. The van der Waals surface area contributed by atoms with Crippen LogP contribution in [0.4, 0.5) is 0 Å². The zero-order valence-electron chi connectivity index (χ0n) is 15.7. The van der Waals surface area contributed by atoms with Gasteiger partial charge in [-0.1, -0.05) is 37.2 Å². The van der Waals surface area contributed by atoms with Crippen LogP contribution in [-0.2, 0) is 13.1 Å². The number of rotatable bonds is 6. The van der Waals surface area contributed by atoms with E-state index in [0.717, 1.165) is 22.7 Å². The van der Waals surface area contributed by atoms with Crippen molar-refractivity contribution in [1.29, 1.82) is 0 Å². The molecule has 3 rings (SSSR count). The molecule has 27 heavy (non-hydrogen) atoms. The fourth-order valence-electron chi connectivity index (χ4n) is 2.43. The second-order valence-electron chi connectivity index (χ2n) is 6.28. The number of hydrogen-bond donors (Lipinski definition) is 2. The highest BCUT2D eigenvalue weighted by molar-refractivity contribution is 14.0. The first-order chi connectivity index (χ1) is 12.7. The Hall–Kier alpha value is -2.36. The van der Waals surface area contributed by atoms with Crippen molar-refractivity contribution in [2.75, 3.05) is 7.05 Å². The van der Waals surface area contributed by atoms with Crippen molar-refractivity contribution in [1.82, 2.24) is 25.6 Å². The molecule has 0 fully saturated rings. The third kappa shape index (κ3) is 5.81. The summed E-state index contributed by atoms with van der Waals surface area (Å²) in [6.45, 7) is 5.33. The highest BCUT2D eigenvalue weighted by atomic mass is 127. The maximum absolute atomic E-state index is 5.33. The van der Waals surface area contributed by atoms with Crippen LogP contribution >= 0.6 is 24.0 Å². The maximum Gasteiger partial charge on any atom is 0.191 e. The summed E-state index contributed by atoms with van der Waals surface area (Å²) in [6, 6.07) is 12.0. The largest absolute Gasteiger partial charge is 0.359 e. The summed E-state index contributed by atoms with van der Waals surface area (Å²) < 4.78 is 7.18. The van der Waals surface area contributed by atoms with E-state index in [0.29, 0.717) is 25.0 Å².